The van der Waals surface area contributed by atoms with Crippen LogP contribution in [-0.2, 0) is 4.74 Å². The largest absolute Gasteiger partial charge is 0.381 e. The maximum atomic E-state index is 11.7. The Hall–Kier alpha value is -0.570. The summed E-state index contributed by atoms with van der Waals surface area (Å²) in [4.78, 5) is 11.7. The number of benzene rings is 1. The summed E-state index contributed by atoms with van der Waals surface area (Å²) < 4.78 is 3.26. The highest BCUT2D eigenvalue weighted by atomic mass is 35.5. The Labute approximate surface area is 92.8 Å². The molecule has 1 aromatic carbocycles. The summed E-state index contributed by atoms with van der Waals surface area (Å²) in [6.45, 7) is -0.0240. The SMILES string of the molecule is COCC(Cl)(Cl)C(=O)c1ccccc1. The van der Waals surface area contributed by atoms with Gasteiger partial charge in [0.15, 0.2) is 0 Å². The van der Waals surface area contributed by atoms with Crippen molar-refractivity contribution in [3.8, 4) is 0 Å². The van der Waals surface area contributed by atoms with Gasteiger partial charge in [-0.25, -0.2) is 0 Å². The van der Waals surface area contributed by atoms with Gasteiger partial charge in [-0.15, -0.1) is 0 Å². The maximum absolute atomic E-state index is 11.7. The fraction of sp³-hybridized carbons (Fsp3) is 0.300. The highest BCUT2D eigenvalue weighted by Crippen LogP contribution is 2.26. The fourth-order valence-corrected chi connectivity index (χ4v) is 1.48. The second-order valence-corrected chi connectivity index (χ2v) is 4.32. The summed E-state index contributed by atoms with van der Waals surface area (Å²) in [5, 5.41) is 0. The average molecular weight is 233 g/mol. The predicted octanol–water partition coefficient (Wildman–Crippen LogP) is 2.69. The van der Waals surface area contributed by atoms with Gasteiger partial charge >= 0.3 is 0 Å². The molecule has 0 atom stereocenters. The normalized spacial score (nSPS) is 11.4. The number of ether oxygens (including phenoxy) is 1. The third-order valence-corrected chi connectivity index (χ3v) is 2.26. The topological polar surface area (TPSA) is 26.3 Å². The number of hydrogen-bond acceptors (Lipinski definition) is 2. The van der Waals surface area contributed by atoms with Crippen molar-refractivity contribution in [3.63, 3.8) is 0 Å². The first-order valence-electron chi connectivity index (χ1n) is 4.04. The molecule has 0 aromatic heterocycles. The number of methoxy groups -OCH3 is 1. The summed E-state index contributed by atoms with van der Waals surface area (Å²) in [7, 11) is 1.44. The Morgan fingerprint density at radius 3 is 2.43 bits per heavy atom. The van der Waals surface area contributed by atoms with Crippen LogP contribution in [0.25, 0.3) is 0 Å². The summed E-state index contributed by atoms with van der Waals surface area (Å²) in [5.74, 6) is -0.344. The van der Waals surface area contributed by atoms with Gasteiger partial charge in [0.25, 0.3) is 0 Å². The van der Waals surface area contributed by atoms with Crippen molar-refractivity contribution in [3.05, 3.63) is 35.9 Å². The van der Waals surface area contributed by atoms with Crippen LogP contribution in [0.4, 0.5) is 0 Å². The lowest BCUT2D eigenvalue weighted by Gasteiger charge is -2.16. The number of hydrogen-bond donors (Lipinski definition) is 0. The predicted molar refractivity (Wildman–Crippen MR) is 57.1 cm³/mol. The number of rotatable bonds is 4. The average Bonchev–Trinajstić information content (AvgIpc) is 2.18. The number of carbonyl (C=O) groups excluding carboxylic acids is 1. The fourth-order valence-electron chi connectivity index (χ4n) is 1.05. The minimum Gasteiger partial charge on any atom is -0.381 e. The van der Waals surface area contributed by atoms with Crippen molar-refractivity contribution in [2.75, 3.05) is 13.7 Å². The molecular formula is C10H10Cl2O2. The molecule has 0 N–H and O–H groups in total. The van der Waals surface area contributed by atoms with Crippen LogP contribution in [-0.4, -0.2) is 23.8 Å². The Kier molecular flexibility index (Phi) is 3.93. The molecular weight excluding hydrogens is 223 g/mol. The van der Waals surface area contributed by atoms with Crippen molar-refractivity contribution < 1.29 is 9.53 Å². The van der Waals surface area contributed by atoms with Crippen LogP contribution < -0.4 is 0 Å². The van der Waals surface area contributed by atoms with Gasteiger partial charge in [0.1, 0.15) is 0 Å². The third kappa shape index (κ3) is 2.71. The lowest BCUT2D eigenvalue weighted by Crippen LogP contribution is -2.31. The van der Waals surface area contributed by atoms with E-state index in [0.717, 1.165) is 0 Å². The summed E-state index contributed by atoms with van der Waals surface area (Å²) in [6.07, 6.45) is 0. The van der Waals surface area contributed by atoms with E-state index < -0.39 is 4.33 Å². The number of Topliss-reactive ketones (excluding diaryl/α,β-unsaturated/α-hetero) is 1. The number of halogens is 2. The van der Waals surface area contributed by atoms with E-state index in [1.165, 1.54) is 7.11 Å². The molecule has 76 valence electrons. The van der Waals surface area contributed by atoms with E-state index >= 15 is 0 Å². The van der Waals surface area contributed by atoms with Crippen LogP contribution in [0.3, 0.4) is 0 Å². The standard InChI is InChI=1S/C10H10Cl2O2/c1-14-7-10(11,12)9(13)8-5-3-2-4-6-8/h2-6H,7H2,1H3. The third-order valence-electron chi connectivity index (χ3n) is 1.69. The van der Waals surface area contributed by atoms with Gasteiger partial charge in [-0.2, -0.15) is 0 Å². The molecule has 1 rings (SSSR count). The quantitative estimate of drug-likeness (QED) is 0.590. The van der Waals surface area contributed by atoms with Crippen molar-refractivity contribution in [2.45, 2.75) is 4.33 Å². The van der Waals surface area contributed by atoms with E-state index in [4.69, 9.17) is 27.9 Å². The lowest BCUT2D eigenvalue weighted by atomic mass is 10.1. The Balaban J connectivity index is 2.85. The van der Waals surface area contributed by atoms with Gasteiger partial charge in [-0.1, -0.05) is 53.5 Å². The first-order chi connectivity index (χ1) is 6.58. The smallest absolute Gasteiger partial charge is 0.203 e. The molecule has 0 aliphatic carbocycles. The molecule has 0 unspecified atom stereocenters. The molecule has 0 bridgehead atoms. The zero-order valence-corrected chi connectivity index (χ0v) is 9.18. The zero-order valence-electron chi connectivity index (χ0n) is 7.67. The van der Waals surface area contributed by atoms with E-state index in [0.29, 0.717) is 5.56 Å². The van der Waals surface area contributed by atoms with Gasteiger partial charge < -0.3 is 4.74 Å². The molecule has 0 aliphatic heterocycles. The van der Waals surface area contributed by atoms with Crippen LogP contribution >= 0.6 is 23.2 Å². The molecule has 14 heavy (non-hydrogen) atoms. The number of ketones is 1. The van der Waals surface area contributed by atoms with Gasteiger partial charge in [0, 0.05) is 12.7 Å². The van der Waals surface area contributed by atoms with E-state index in [9.17, 15) is 4.79 Å². The minimum atomic E-state index is -1.50. The van der Waals surface area contributed by atoms with E-state index in [2.05, 4.69) is 0 Å². The first kappa shape index (κ1) is 11.5. The van der Waals surface area contributed by atoms with Crippen LogP contribution in [0.2, 0.25) is 0 Å². The molecule has 4 heteroatoms. The summed E-state index contributed by atoms with van der Waals surface area (Å²) >= 11 is 11.6. The number of alkyl halides is 2. The summed E-state index contributed by atoms with van der Waals surface area (Å²) in [5.41, 5.74) is 0.481. The highest BCUT2D eigenvalue weighted by Gasteiger charge is 2.34. The Morgan fingerprint density at radius 1 is 1.36 bits per heavy atom. The van der Waals surface area contributed by atoms with Crippen LogP contribution in [0.5, 0.6) is 0 Å². The second-order valence-electron chi connectivity index (χ2n) is 2.83. The Morgan fingerprint density at radius 2 is 1.93 bits per heavy atom. The minimum absolute atomic E-state index is 0.0240. The van der Waals surface area contributed by atoms with Crippen molar-refractivity contribution in [2.24, 2.45) is 0 Å². The van der Waals surface area contributed by atoms with Crippen LogP contribution in [0.1, 0.15) is 10.4 Å². The van der Waals surface area contributed by atoms with Crippen molar-refractivity contribution >= 4 is 29.0 Å². The summed E-state index contributed by atoms with van der Waals surface area (Å²) in [6, 6.07) is 8.65. The van der Waals surface area contributed by atoms with Gasteiger partial charge in [0.05, 0.1) is 6.61 Å². The van der Waals surface area contributed by atoms with Crippen molar-refractivity contribution in [1.29, 1.82) is 0 Å². The van der Waals surface area contributed by atoms with Gasteiger partial charge in [0.2, 0.25) is 10.1 Å². The molecule has 0 aliphatic rings. The van der Waals surface area contributed by atoms with E-state index in [1.807, 2.05) is 6.07 Å². The maximum Gasteiger partial charge on any atom is 0.203 e. The molecule has 1 aromatic rings. The van der Waals surface area contributed by atoms with Crippen LogP contribution in [0, 0.1) is 0 Å². The first-order valence-corrected chi connectivity index (χ1v) is 4.80. The van der Waals surface area contributed by atoms with Gasteiger partial charge in [-0.05, 0) is 0 Å². The zero-order chi connectivity index (χ0) is 10.6. The second kappa shape index (κ2) is 4.78. The lowest BCUT2D eigenvalue weighted by molar-refractivity contribution is 0.0913. The molecule has 0 radical (unpaired) electrons. The number of carbonyl (C=O) groups is 1. The monoisotopic (exact) mass is 232 g/mol. The molecule has 0 spiro atoms. The molecule has 0 fully saturated rings. The van der Waals surface area contributed by atoms with E-state index in [-0.39, 0.29) is 12.4 Å². The molecule has 0 saturated carbocycles. The Bertz CT molecular complexity index is 309. The van der Waals surface area contributed by atoms with Crippen molar-refractivity contribution in [1.82, 2.24) is 0 Å². The van der Waals surface area contributed by atoms with Crippen LogP contribution in [0.15, 0.2) is 30.3 Å². The molecule has 0 heterocycles. The molecule has 0 saturated heterocycles. The molecule has 0 amide bonds. The van der Waals surface area contributed by atoms with Gasteiger partial charge in [-0.3, -0.25) is 4.79 Å². The van der Waals surface area contributed by atoms with E-state index in [1.54, 1.807) is 24.3 Å². The molecule has 2 nitrogen and oxygen atoms in total. The highest BCUT2D eigenvalue weighted by molar-refractivity contribution is 6.60.